The monoisotopic (exact) mass is 466 g/mol. The zero-order chi connectivity index (χ0) is 24.2. The minimum Gasteiger partial charge on any atom is -0.305 e. The Hall–Kier alpha value is -2.91. The largest absolute Gasteiger partial charge is 0.305 e. The van der Waals surface area contributed by atoms with Crippen molar-refractivity contribution in [3.63, 3.8) is 0 Å². The summed E-state index contributed by atoms with van der Waals surface area (Å²) in [5, 5.41) is 0. The molecule has 0 spiro atoms. The quantitative estimate of drug-likeness (QED) is 0.399. The predicted molar refractivity (Wildman–Crippen MR) is 145 cm³/mol. The highest BCUT2D eigenvalue weighted by Crippen LogP contribution is 2.38. The van der Waals surface area contributed by atoms with Crippen LogP contribution in [0, 0.1) is 13.8 Å². The van der Waals surface area contributed by atoms with E-state index in [2.05, 4.69) is 78.2 Å². The Morgan fingerprint density at radius 1 is 0.743 bits per heavy atom. The van der Waals surface area contributed by atoms with E-state index in [0.29, 0.717) is 12.0 Å². The van der Waals surface area contributed by atoms with Gasteiger partial charge < -0.3 is 4.90 Å². The fraction of sp³-hybridized carbons (Fsp3) is 0.406. The van der Waals surface area contributed by atoms with Gasteiger partial charge in [-0.25, -0.2) is 0 Å². The third-order valence-electron chi connectivity index (χ3n) is 8.12. The molecule has 5 rings (SSSR count). The Morgan fingerprint density at radius 3 is 2.00 bits per heavy atom. The van der Waals surface area contributed by atoms with Crippen molar-refractivity contribution in [2.45, 2.75) is 70.4 Å². The number of carbonyl (C=O) groups excluding carboxylic acids is 1. The van der Waals surface area contributed by atoms with Gasteiger partial charge in [0.25, 0.3) is 5.91 Å². The van der Waals surface area contributed by atoms with Gasteiger partial charge in [0.15, 0.2) is 0 Å². The van der Waals surface area contributed by atoms with Crippen molar-refractivity contribution in [3.8, 4) is 0 Å². The highest BCUT2D eigenvalue weighted by molar-refractivity contribution is 6.06. The molecule has 3 heteroatoms. The van der Waals surface area contributed by atoms with Gasteiger partial charge in [-0.2, -0.15) is 0 Å². The maximum atomic E-state index is 13.8. The van der Waals surface area contributed by atoms with Gasteiger partial charge in [0, 0.05) is 36.4 Å². The molecule has 3 aromatic rings. The molecule has 1 saturated heterocycles. The standard InChI is InChI=1S/C32H38N2O/c1-24-12-16-27(17-13-24)32(35)34(28-18-14-25(2)15-19-28)29-20-22-33(23-21-29)31-11-7-6-10-30(31)26-8-4-3-5-9-26/h3-5,8-9,12-19,29-31H,6-7,10-11,20-23H2,1-2H3. The second-order valence-corrected chi connectivity index (χ2v) is 10.5. The third kappa shape index (κ3) is 5.36. The fourth-order valence-corrected chi connectivity index (χ4v) is 6.15. The van der Waals surface area contributed by atoms with Crippen molar-refractivity contribution in [2.75, 3.05) is 18.0 Å². The normalized spacial score (nSPS) is 21.5. The summed E-state index contributed by atoms with van der Waals surface area (Å²) in [6.45, 7) is 6.28. The van der Waals surface area contributed by atoms with Crippen molar-refractivity contribution in [2.24, 2.45) is 0 Å². The Kier molecular flexibility index (Phi) is 7.34. The van der Waals surface area contributed by atoms with Crippen LogP contribution >= 0.6 is 0 Å². The second kappa shape index (κ2) is 10.8. The first-order valence-electron chi connectivity index (χ1n) is 13.4. The molecule has 0 aromatic heterocycles. The van der Waals surface area contributed by atoms with Crippen molar-refractivity contribution < 1.29 is 4.79 Å². The maximum Gasteiger partial charge on any atom is 0.258 e. The Bertz CT molecular complexity index is 1100. The molecule has 1 aliphatic carbocycles. The molecule has 1 heterocycles. The smallest absolute Gasteiger partial charge is 0.258 e. The van der Waals surface area contributed by atoms with Crippen LogP contribution < -0.4 is 4.90 Å². The fourth-order valence-electron chi connectivity index (χ4n) is 6.15. The van der Waals surface area contributed by atoms with Crippen LogP contribution in [-0.4, -0.2) is 36.0 Å². The second-order valence-electron chi connectivity index (χ2n) is 10.5. The number of hydrogen-bond acceptors (Lipinski definition) is 2. The summed E-state index contributed by atoms with van der Waals surface area (Å²) in [5.74, 6) is 0.746. The SMILES string of the molecule is Cc1ccc(C(=O)N(c2ccc(C)cc2)C2CCN(C3CCCCC3c3ccccc3)CC2)cc1. The van der Waals surface area contributed by atoms with Crippen LogP contribution in [0.2, 0.25) is 0 Å². The Labute approximate surface area is 210 Å². The van der Waals surface area contributed by atoms with Gasteiger partial charge in [-0.1, -0.05) is 78.6 Å². The number of nitrogens with zero attached hydrogens (tertiary/aromatic N) is 2. The van der Waals surface area contributed by atoms with E-state index in [1.54, 1.807) is 0 Å². The first-order chi connectivity index (χ1) is 17.1. The van der Waals surface area contributed by atoms with E-state index in [-0.39, 0.29) is 11.9 Å². The number of carbonyl (C=O) groups is 1. The summed E-state index contributed by atoms with van der Waals surface area (Å²) in [6.07, 6.45) is 7.27. The summed E-state index contributed by atoms with van der Waals surface area (Å²) in [5.41, 5.74) is 5.68. The number of likely N-dealkylation sites (tertiary alicyclic amines) is 1. The van der Waals surface area contributed by atoms with Gasteiger partial charge in [-0.15, -0.1) is 0 Å². The molecular formula is C32H38N2O. The van der Waals surface area contributed by atoms with Crippen LogP contribution in [-0.2, 0) is 0 Å². The zero-order valence-electron chi connectivity index (χ0n) is 21.2. The maximum absolute atomic E-state index is 13.8. The molecule has 0 radical (unpaired) electrons. The van der Waals surface area contributed by atoms with Crippen molar-refractivity contribution in [3.05, 3.63) is 101 Å². The average Bonchev–Trinajstić information content (AvgIpc) is 2.91. The number of amides is 1. The van der Waals surface area contributed by atoms with Crippen molar-refractivity contribution in [1.29, 1.82) is 0 Å². The average molecular weight is 467 g/mol. The molecule has 2 fully saturated rings. The lowest BCUT2D eigenvalue weighted by Gasteiger charge is -2.45. The zero-order valence-corrected chi connectivity index (χ0v) is 21.2. The summed E-state index contributed by atoms with van der Waals surface area (Å²) in [6, 6.07) is 28.4. The Balaban J connectivity index is 1.34. The highest BCUT2D eigenvalue weighted by Gasteiger charge is 2.36. The molecule has 35 heavy (non-hydrogen) atoms. The van der Waals surface area contributed by atoms with Crippen LogP contribution in [0.1, 0.15) is 71.5 Å². The van der Waals surface area contributed by atoms with E-state index in [4.69, 9.17) is 0 Å². The van der Waals surface area contributed by atoms with Crippen LogP contribution in [0.15, 0.2) is 78.9 Å². The highest BCUT2D eigenvalue weighted by atomic mass is 16.2. The van der Waals surface area contributed by atoms with Crippen LogP contribution in [0.25, 0.3) is 0 Å². The molecular weight excluding hydrogens is 428 g/mol. The molecule has 2 aliphatic rings. The minimum atomic E-state index is 0.118. The van der Waals surface area contributed by atoms with Gasteiger partial charge in [0.1, 0.15) is 0 Å². The van der Waals surface area contributed by atoms with Gasteiger partial charge in [0.05, 0.1) is 0 Å². The number of anilines is 1. The molecule has 2 unspecified atom stereocenters. The molecule has 0 bridgehead atoms. The molecule has 0 N–H and O–H groups in total. The minimum absolute atomic E-state index is 0.118. The lowest BCUT2D eigenvalue weighted by molar-refractivity contribution is 0.0895. The summed E-state index contributed by atoms with van der Waals surface area (Å²) >= 11 is 0. The Morgan fingerprint density at radius 2 is 1.34 bits per heavy atom. The first-order valence-corrected chi connectivity index (χ1v) is 13.4. The van der Waals surface area contributed by atoms with E-state index in [1.807, 2.05) is 24.3 Å². The number of piperidine rings is 1. The van der Waals surface area contributed by atoms with E-state index in [1.165, 1.54) is 42.4 Å². The van der Waals surface area contributed by atoms with E-state index < -0.39 is 0 Å². The lowest BCUT2D eigenvalue weighted by atomic mass is 9.78. The topological polar surface area (TPSA) is 23.6 Å². The molecule has 2 atom stereocenters. The summed E-state index contributed by atoms with van der Waals surface area (Å²) in [4.78, 5) is 18.6. The number of hydrogen-bond donors (Lipinski definition) is 0. The molecule has 1 saturated carbocycles. The number of benzene rings is 3. The third-order valence-corrected chi connectivity index (χ3v) is 8.12. The number of aryl methyl sites for hydroxylation is 2. The van der Waals surface area contributed by atoms with E-state index in [9.17, 15) is 4.79 Å². The van der Waals surface area contributed by atoms with Gasteiger partial charge >= 0.3 is 0 Å². The summed E-state index contributed by atoms with van der Waals surface area (Å²) < 4.78 is 0. The van der Waals surface area contributed by atoms with Gasteiger partial charge in [0.2, 0.25) is 0 Å². The van der Waals surface area contributed by atoms with E-state index in [0.717, 1.165) is 37.2 Å². The van der Waals surface area contributed by atoms with Gasteiger partial charge in [-0.3, -0.25) is 9.69 Å². The predicted octanol–water partition coefficient (Wildman–Crippen LogP) is 7.14. The van der Waals surface area contributed by atoms with Crippen LogP contribution in [0.3, 0.4) is 0 Å². The van der Waals surface area contributed by atoms with Crippen molar-refractivity contribution in [1.82, 2.24) is 4.90 Å². The lowest BCUT2D eigenvalue weighted by Crippen LogP contribution is -2.51. The number of rotatable bonds is 5. The summed E-state index contributed by atoms with van der Waals surface area (Å²) in [7, 11) is 0. The van der Waals surface area contributed by atoms with Gasteiger partial charge in [-0.05, 0) is 75.3 Å². The van der Waals surface area contributed by atoms with Crippen LogP contribution in [0.5, 0.6) is 0 Å². The molecule has 182 valence electrons. The van der Waals surface area contributed by atoms with E-state index >= 15 is 0 Å². The molecule has 3 aromatic carbocycles. The first kappa shape index (κ1) is 23.8. The molecule has 3 nitrogen and oxygen atoms in total. The van der Waals surface area contributed by atoms with Crippen molar-refractivity contribution >= 4 is 11.6 Å². The molecule has 1 aliphatic heterocycles. The van der Waals surface area contributed by atoms with Crippen LogP contribution in [0.4, 0.5) is 5.69 Å². The molecule has 1 amide bonds.